The zero-order chi connectivity index (χ0) is 17.5. The maximum atomic E-state index is 11.9. The van der Waals surface area contributed by atoms with E-state index in [-0.39, 0.29) is 6.03 Å². The van der Waals surface area contributed by atoms with Gasteiger partial charge in [-0.25, -0.2) is 4.79 Å². The van der Waals surface area contributed by atoms with Crippen LogP contribution in [0.25, 0.3) is 11.5 Å². The monoisotopic (exact) mass is 339 g/mol. The Morgan fingerprint density at radius 3 is 2.80 bits per heavy atom. The van der Waals surface area contributed by atoms with Crippen LogP contribution in [0, 0.1) is 0 Å². The summed E-state index contributed by atoms with van der Waals surface area (Å²) in [5, 5.41) is 9.37. The first-order chi connectivity index (χ1) is 12.2. The summed E-state index contributed by atoms with van der Waals surface area (Å²) in [6, 6.07) is 10.4. The largest absolute Gasteiger partial charge is 0.497 e. The van der Waals surface area contributed by atoms with Crippen LogP contribution < -0.4 is 15.4 Å². The molecule has 0 bridgehead atoms. The molecule has 0 spiro atoms. The molecule has 0 saturated heterocycles. The lowest BCUT2D eigenvalue weighted by molar-refractivity contribution is 0.252. The molecule has 0 aliphatic rings. The molecule has 0 aliphatic heterocycles. The standard InChI is InChI=1S/C17H17N5O3/c1-24-14-6-4-13(5-7-14)20-17(23)19-10-8-15-21-16(25-22-15)12-3-2-9-18-11-12/h2-7,9,11H,8,10H2,1H3,(H2,19,20,23). The number of nitrogens with zero attached hydrogens (tertiary/aromatic N) is 3. The summed E-state index contributed by atoms with van der Waals surface area (Å²) in [5.41, 5.74) is 1.43. The molecule has 0 aliphatic carbocycles. The molecule has 3 rings (SSSR count). The summed E-state index contributed by atoms with van der Waals surface area (Å²) >= 11 is 0. The van der Waals surface area contributed by atoms with E-state index in [1.807, 2.05) is 6.07 Å². The molecule has 0 radical (unpaired) electrons. The van der Waals surface area contributed by atoms with Crippen molar-refractivity contribution in [2.75, 3.05) is 19.0 Å². The van der Waals surface area contributed by atoms with Gasteiger partial charge in [-0.05, 0) is 36.4 Å². The maximum Gasteiger partial charge on any atom is 0.319 e. The average molecular weight is 339 g/mol. The minimum atomic E-state index is -0.304. The zero-order valence-corrected chi connectivity index (χ0v) is 13.6. The molecule has 2 heterocycles. The van der Waals surface area contributed by atoms with Gasteiger partial charge in [-0.3, -0.25) is 4.98 Å². The Morgan fingerprint density at radius 1 is 1.24 bits per heavy atom. The van der Waals surface area contributed by atoms with Gasteiger partial charge in [-0.1, -0.05) is 5.16 Å². The molecule has 2 aromatic heterocycles. The number of hydrogen-bond donors (Lipinski definition) is 2. The van der Waals surface area contributed by atoms with Crippen molar-refractivity contribution in [1.82, 2.24) is 20.4 Å². The number of urea groups is 1. The third kappa shape index (κ3) is 4.54. The Bertz CT molecular complexity index is 818. The fourth-order valence-electron chi connectivity index (χ4n) is 2.10. The number of rotatable bonds is 6. The Balaban J connectivity index is 1.46. The number of aromatic nitrogens is 3. The fraction of sp³-hybridized carbons (Fsp3) is 0.176. The van der Waals surface area contributed by atoms with Crippen molar-refractivity contribution in [3.63, 3.8) is 0 Å². The Labute approximate surface area is 144 Å². The fourth-order valence-corrected chi connectivity index (χ4v) is 2.10. The molecule has 25 heavy (non-hydrogen) atoms. The number of carbonyl (C=O) groups excluding carboxylic acids is 1. The number of carbonyl (C=O) groups is 1. The van der Waals surface area contributed by atoms with Crippen LogP contribution in [-0.4, -0.2) is 34.8 Å². The second-order valence-electron chi connectivity index (χ2n) is 5.12. The van der Waals surface area contributed by atoms with E-state index in [2.05, 4.69) is 25.8 Å². The maximum absolute atomic E-state index is 11.9. The first-order valence-corrected chi connectivity index (χ1v) is 7.66. The van der Waals surface area contributed by atoms with Gasteiger partial charge >= 0.3 is 6.03 Å². The van der Waals surface area contributed by atoms with Gasteiger partial charge in [-0.15, -0.1) is 0 Å². The Kier molecular flexibility index (Phi) is 5.20. The summed E-state index contributed by atoms with van der Waals surface area (Å²) in [6.45, 7) is 0.383. The predicted octanol–water partition coefficient (Wildman–Crippen LogP) is 2.50. The number of pyridine rings is 1. The molecular weight excluding hydrogens is 322 g/mol. The molecule has 8 heteroatoms. The van der Waals surface area contributed by atoms with Crippen molar-refractivity contribution in [2.24, 2.45) is 0 Å². The molecule has 128 valence electrons. The third-order valence-electron chi connectivity index (χ3n) is 3.36. The van der Waals surface area contributed by atoms with Gasteiger partial charge in [-0.2, -0.15) is 4.98 Å². The van der Waals surface area contributed by atoms with Crippen LogP contribution in [0.4, 0.5) is 10.5 Å². The first-order valence-electron chi connectivity index (χ1n) is 7.66. The number of hydrogen-bond acceptors (Lipinski definition) is 6. The van der Waals surface area contributed by atoms with Crippen molar-refractivity contribution >= 4 is 11.7 Å². The van der Waals surface area contributed by atoms with Crippen LogP contribution >= 0.6 is 0 Å². The Morgan fingerprint density at radius 2 is 2.08 bits per heavy atom. The second-order valence-corrected chi connectivity index (χ2v) is 5.12. The van der Waals surface area contributed by atoms with E-state index in [0.29, 0.717) is 30.4 Å². The highest BCUT2D eigenvalue weighted by atomic mass is 16.5. The van der Waals surface area contributed by atoms with Gasteiger partial charge in [0, 0.05) is 31.0 Å². The minimum absolute atomic E-state index is 0.304. The van der Waals surface area contributed by atoms with Gasteiger partial charge in [0.15, 0.2) is 5.82 Å². The van der Waals surface area contributed by atoms with E-state index in [0.717, 1.165) is 11.3 Å². The molecule has 1 aromatic carbocycles. The lowest BCUT2D eigenvalue weighted by atomic mass is 10.3. The summed E-state index contributed by atoms with van der Waals surface area (Å²) in [6.07, 6.45) is 3.78. The normalized spacial score (nSPS) is 10.3. The minimum Gasteiger partial charge on any atom is -0.497 e. The quantitative estimate of drug-likeness (QED) is 0.715. The van der Waals surface area contributed by atoms with Crippen LogP contribution in [0.3, 0.4) is 0 Å². The number of anilines is 1. The van der Waals surface area contributed by atoms with Crippen LogP contribution in [0.5, 0.6) is 5.75 Å². The van der Waals surface area contributed by atoms with Crippen LogP contribution in [0.15, 0.2) is 53.3 Å². The highest BCUT2D eigenvalue weighted by Crippen LogP contribution is 2.15. The predicted molar refractivity (Wildman–Crippen MR) is 91.2 cm³/mol. The zero-order valence-electron chi connectivity index (χ0n) is 13.6. The van der Waals surface area contributed by atoms with Crippen LogP contribution in [0.2, 0.25) is 0 Å². The van der Waals surface area contributed by atoms with Gasteiger partial charge < -0.3 is 19.9 Å². The lowest BCUT2D eigenvalue weighted by Crippen LogP contribution is -2.30. The average Bonchev–Trinajstić information content (AvgIpc) is 3.12. The van der Waals surface area contributed by atoms with Gasteiger partial charge in [0.2, 0.25) is 0 Å². The first kappa shape index (κ1) is 16.4. The lowest BCUT2D eigenvalue weighted by Gasteiger charge is -2.07. The van der Waals surface area contributed by atoms with E-state index in [1.54, 1.807) is 49.8 Å². The molecule has 0 saturated carbocycles. The summed E-state index contributed by atoms with van der Waals surface area (Å²) in [5.74, 6) is 1.65. The molecule has 2 N–H and O–H groups in total. The number of benzene rings is 1. The second kappa shape index (κ2) is 7.91. The molecule has 0 atom stereocenters. The Hall–Kier alpha value is -3.42. The van der Waals surface area contributed by atoms with Crippen molar-refractivity contribution in [3.8, 4) is 17.2 Å². The molecule has 8 nitrogen and oxygen atoms in total. The van der Waals surface area contributed by atoms with Crippen LogP contribution in [-0.2, 0) is 6.42 Å². The summed E-state index contributed by atoms with van der Waals surface area (Å²) in [7, 11) is 1.59. The molecule has 0 unspecified atom stereocenters. The van der Waals surface area contributed by atoms with E-state index in [4.69, 9.17) is 9.26 Å². The SMILES string of the molecule is COc1ccc(NC(=O)NCCc2noc(-c3cccnc3)n2)cc1. The molecule has 3 aromatic rings. The van der Waals surface area contributed by atoms with Crippen molar-refractivity contribution in [3.05, 3.63) is 54.6 Å². The molecular formula is C17H17N5O3. The number of amides is 2. The van der Waals surface area contributed by atoms with Crippen molar-refractivity contribution in [2.45, 2.75) is 6.42 Å². The molecule has 0 fully saturated rings. The number of methoxy groups -OCH3 is 1. The third-order valence-corrected chi connectivity index (χ3v) is 3.36. The van der Waals surface area contributed by atoms with E-state index in [1.165, 1.54) is 0 Å². The van der Waals surface area contributed by atoms with Crippen molar-refractivity contribution in [1.29, 1.82) is 0 Å². The molecule has 2 amide bonds. The van der Waals surface area contributed by atoms with E-state index < -0.39 is 0 Å². The number of ether oxygens (including phenoxy) is 1. The van der Waals surface area contributed by atoms with Gasteiger partial charge in [0.1, 0.15) is 5.75 Å². The van der Waals surface area contributed by atoms with Gasteiger partial charge in [0.25, 0.3) is 5.89 Å². The highest BCUT2D eigenvalue weighted by molar-refractivity contribution is 5.89. The van der Waals surface area contributed by atoms with Gasteiger partial charge in [0.05, 0.1) is 12.7 Å². The van der Waals surface area contributed by atoms with Crippen LogP contribution in [0.1, 0.15) is 5.82 Å². The summed E-state index contributed by atoms with van der Waals surface area (Å²) < 4.78 is 10.3. The topological polar surface area (TPSA) is 102 Å². The van der Waals surface area contributed by atoms with Crippen molar-refractivity contribution < 1.29 is 14.1 Å². The number of nitrogens with one attached hydrogen (secondary N) is 2. The van der Waals surface area contributed by atoms with E-state index >= 15 is 0 Å². The van der Waals surface area contributed by atoms with E-state index in [9.17, 15) is 4.79 Å². The summed E-state index contributed by atoms with van der Waals surface area (Å²) in [4.78, 5) is 20.1. The smallest absolute Gasteiger partial charge is 0.319 e. The highest BCUT2D eigenvalue weighted by Gasteiger charge is 2.09.